The van der Waals surface area contributed by atoms with Crippen LogP contribution in [0.25, 0.3) is 0 Å². The van der Waals surface area contributed by atoms with Crippen LogP contribution in [-0.4, -0.2) is 55.9 Å². The Labute approximate surface area is 103 Å². The monoisotopic (exact) mass is 254 g/mol. The summed E-state index contributed by atoms with van der Waals surface area (Å²) in [5, 5.41) is 19.9. The van der Waals surface area contributed by atoms with Crippen molar-refractivity contribution < 1.29 is 19.8 Å². The van der Waals surface area contributed by atoms with Crippen LogP contribution >= 0.6 is 0 Å². The molecule has 8 nitrogen and oxygen atoms in total. The maximum Gasteiger partial charge on any atom is 0.334 e. The third kappa shape index (κ3) is 2.59. The molecule has 1 aliphatic rings. The molecule has 3 N–H and O–H groups in total. The van der Waals surface area contributed by atoms with Gasteiger partial charge in [-0.2, -0.15) is 0 Å². The SMILES string of the molecule is O=C(O)[C@@H](O)CNC(=O)N1CCn2ccnc2C1. The van der Waals surface area contributed by atoms with E-state index in [2.05, 4.69) is 10.3 Å². The van der Waals surface area contributed by atoms with Gasteiger partial charge in [0.15, 0.2) is 6.10 Å². The second kappa shape index (κ2) is 5.05. The lowest BCUT2D eigenvalue weighted by molar-refractivity contribution is -0.146. The van der Waals surface area contributed by atoms with Crippen molar-refractivity contribution in [3.8, 4) is 0 Å². The minimum Gasteiger partial charge on any atom is -0.479 e. The topological polar surface area (TPSA) is 108 Å². The summed E-state index contributed by atoms with van der Waals surface area (Å²) in [5.41, 5.74) is 0. The van der Waals surface area contributed by atoms with E-state index in [1.807, 2.05) is 10.8 Å². The van der Waals surface area contributed by atoms with Crippen molar-refractivity contribution in [3.63, 3.8) is 0 Å². The molecule has 1 aromatic rings. The van der Waals surface area contributed by atoms with E-state index in [1.54, 1.807) is 6.20 Å². The number of aromatic nitrogens is 2. The number of nitrogens with zero attached hydrogens (tertiary/aromatic N) is 3. The number of rotatable bonds is 3. The summed E-state index contributed by atoms with van der Waals surface area (Å²) in [6.45, 7) is 1.25. The number of aliphatic carboxylic acids is 1. The Morgan fingerprint density at radius 3 is 3.00 bits per heavy atom. The van der Waals surface area contributed by atoms with Crippen molar-refractivity contribution in [1.82, 2.24) is 19.8 Å². The number of urea groups is 1. The van der Waals surface area contributed by atoms with Crippen molar-refractivity contribution >= 4 is 12.0 Å². The fourth-order valence-electron chi connectivity index (χ4n) is 1.73. The summed E-state index contributed by atoms with van der Waals surface area (Å²) < 4.78 is 1.95. The number of aliphatic hydroxyl groups excluding tert-OH is 1. The quantitative estimate of drug-likeness (QED) is 0.631. The van der Waals surface area contributed by atoms with Gasteiger partial charge in [-0.05, 0) is 0 Å². The van der Waals surface area contributed by atoms with Crippen molar-refractivity contribution in [2.75, 3.05) is 13.1 Å². The Balaban J connectivity index is 1.86. The Bertz CT molecular complexity index is 458. The normalized spacial score (nSPS) is 15.9. The molecule has 1 aromatic heterocycles. The van der Waals surface area contributed by atoms with Gasteiger partial charge >= 0.3 is 12.0 Å². The van der Waals surface area contributed by atoms with Crippen molar-refractivity contribution in [2.24, 2.45) is 0 Å². The molecule has 2 heterocycles. The molecule has 0 spiro atoms. The number of imidazole rings is 1. The summed E-state index contributed by atoms with van der Waals surface area (Å²) in [5.74, 6) is -0.570. The van der Waals surface area contributed by atoms with Gasteiger partial charge in [-0.1, -0.05) is 0 Å². The first-order valence-electron chi connectivity index (χ1n) is 5.51. The second-order valence-electron chi connectivity index (χ2n) is 4.00. The highest BCUT2D eigenvalue weighted by Crippen LogP contribution is 2.09. The first kappa shape index (κ1) is 12.4. The smallest absolute Gasteiger partial charge is 0.334 e. The van der Waals surface area contributed by atoms with E-state index >= 15 is 0 Å². The largest absolute Gasteiger partial charge is 0.479 e. The van der Waals surface area contributed by atoms with Crippen LogP contribution in [0.5, 0.6) is 0 Å². The number of carboxylic acid groups (broad SMARTS) is 1. The number of carbonyl (C=O) groups excluding carboxylic acids is 1. The first-order chi connectivity index (χ1) is 8.58. The number of aliphatic hydroxyl groups is 1. The van der Waals surface area contributed by atoms with E-state index in [0.29, 0.717) is 19.6 Å². The molecule has 0 aliphatic carbocycles. The average molecular weight is 254 g/mol. The number of carbonyl (C=O) groups is 2. The summed E-state index contributed by atoms with van der Waals surface area (Å²) in [6.07, 6.45) is 1.93. The molecule has 0 saturated heterocycles. The predicted octanol–water partition coefficient (Wildman–Crippen LogP) is -1.15. The van der Waals surface area contributed by atoms with Crippen LogP contribution in [0.15, 0.2) is 12.4 Å². The van der Waals surface area contributed by atoms with Crippen LogP contribution in [0.2, 0.25) is 0 Å². The maximum absolute atomic E-state index is 11.7. The number of amides is 2. The summed E-state index contributed by atoms with van der Waals surface area (Å²) >= 11 is 0. The molecule has 0 unspecified atom stereocenters. The molecule has 0 bridgehead atoms. The van der Waals surface area contributed by atoms with Gasteiger partial charge in [0.1, 0.15) is 5.82 Å². The fraction of sp³-hybridized carbons (Fsp3) is 0.500. The third-order valence-corrected chi connectivity index (χ3v) is 2.76. The highest BCUT2D eigenvalue weighted by Gasteiger charge is 2.22. The molecule has 98 valence electrons. The molecule has 1 aliphatic heterocycles. The lowest BCUT2D eigenvalue weighted by Crippen LogP contribution is -2.47. The second-order valence-corrected chi connectivity index (χ2v) is 4.00. The molecule has 0 radical (unpaired) electrons. The van der Waals surface area contributed by atoms with E-state index in [1.165, 1.54) is 4.90 Å². The lowest BCUT2D eigenvalue weighted by atomic mass is 10.3. The molecular weight excluding hydrogens is 240 g/mol. The molecule has 0 aromatic carbocycles. The molecule has 2 amide bonds. The van der Waals surface area contributed by atoms with Gasteiger partial charge in [0.2, 0.25) is 0 Å². The van der Waals surface area contributed by atoms with Crippen LogP contribution in [0.3, 0.4) is 0 Å². The fourth-order valence-corrected chi connectivity index (χ4v) is 1.73. The third-order valence-electron chi connectivity index (χ3n) is 2.76. The van der Waals surface area contributed by atoms with Gasteiger partial charge < -0.3 is 25.0 Å². The van der Waals surface area contributed by atoms with Crippen LogP contribution in [0.4, 0.5) is 4.79 Å². The molecule has 0 saturated carbocycles. The lowest BCUT2D eigenvalue weighted by Gasteiger charge is -2.27. The maximum atomic E-state index is 11.7. The van der Waals surface area contributed by atoms with Gasteiger partial charge in [0.25, 0.3) is 0 Å². The zero-order valence-corrected chi connectivity index (χ0v) is 9.61. The van der Waals surface area contributed by atoms with E-state index < -0.39 is 18.1 Å². The number of hydrogen-bond acceptors (Lipinski definition) is 4. The van der Waals surface area contributed by atoms with E-state index in [-0.39, 0.29) is 6.54 Å². The Hall–Kier alpha value is -2.09. The zero-order chi connectivity index (χ0) is 13.1. The van der Waals surface area contributed by atoms with Crippen molar-refractivity contribution in [3.05, 3.63) is 18.2 Å². The highest BCUT2D eigenvalue weighted by atomic mass is 16.4. The number of nitrogens with one attached hydrogen (secondary N) is 1. The number of hydrogen-bond donors (Lipinski definition) is 3. The molecular formula is C10H14N4O4. The molecule has 2 rings (SSSR count). The molecule has 18 heavy (non-hydrogen) atoms. The molecule has 1 atom stereocenters. The van der Waals surface area contributed by atoms with Crippen LogP contribution in [-0.2, 0) is 17.9 Å². The van der Waals surface area contributed by atoms with E-state index in [0.717, 1.165) is 5.82 Å². The van der Waals surface area contributed by atoms with Gasteiger partial charge in [0, 0.05) is 25.5 Å². The van der Waals surface area contributed by atoms with Crippen LogP contribution in [0.1, 0.15) is 5.82 Å². The zero-order valence-electron chi connectivity index (χ0n) is 9.61. The van der Waals surface area contributed by atoms with E-state index in [9.17, 15) is 9.59 Å². The number of fused-ring (bicyclic) bond motifs is 1. The van der Waals surface area contributed by atoms with Gasteiger partial charge in [0.05, 0.1) is 13.1 Å². The summed E-state index contributed by atoms with van der Waals surface area (Å²) in [4.78, 5) is 27.8. The van der Waals surface area contributed by atoms with E-state index in [4.69, 9.17) is 10.2 Å². The van der Waals surface area contributed by atoms with Crippen LogP contribution in [0, 0.1) is 0 Å². The standard InChI is InChI=1S/C10H14N4O4/c15-7(9(16)17)5-12-10(18)14-4-3-13-2-1-11-8(13)6-14/h1-2,7,15H,3-6H2,(H,12,18)(H,16,17)/t7-/m0/s1. The Kier molecular flexibility index (Phi) is 3.47. The first-order valence-corrected chi connectivity index (χ1v) is 5.51. The minimum atomic E-state index is -1.58. The summed E-state index contributed by atoms with van der Waals surface area (Å²) in [7, 11) is 0. The number of carboxylic acids is 1. The summed E-state index contributed by atoms with van der Waals surface area (Å²) in [6, 6.07) is -0.399. The van der Waals surface area contributed by atoms with Crippen molar-refractivity contribution in [1.29, 1.82) is 0 Å². The van der Waals surface area contributed by atoms with Crippen molar-refractivity contribution in [2.45, 2.75) is 19.2 Å². The Morgan fingerprint density at radius 2 is 2.28 bits per heavy atom. The van der Waals surface area contributed by atoms with Gasteiger partial charge in [-0.25, -0.2) is 14.6 Å². The van der Waals surface area contributed by atoms with Gasteiger partial charge in [-0.15, -0.1) is 0 Å². The minimum absolute atomic E-state index is 0.306. The molecule has 0 fully saturated rings. The predicted molar refractivity (Wildman–Crippen MR) is 59.7 cm³/mol. The molecule has 8 heteroatoms. The van der Waals surface area contributed by atoms with Gasteiger partial charge in [-0.3, -0.25) is 0 Å². The van der Waals surface area contributed by atoms with Crippen LogP contribution < -0.4 is 5.32 Å². The highest BCUT2D eigenvalue weighted by molar-refractivity contribution is 5.76. The average Bonchev–Trinajstić information content (AvgIpc) is 2.82. The Morgan fingerprint density at radius 1 is 1.50 bits per heavy atom.